The van der Waals surface area contributed by atoms with Gasteiger partial charge in [-0.15, -0.1) is 10.2 Å². The van der Waals surface area contributed by atoms with Gasteiger partial charge in [-0.1, -0.05) is 58.4 Å². The Balaban J connectivity index is 1.55. The number of rotatable bonds is 9. The molecule has 2 aromatic rings. The summed E-state index contributed by atoms with van der Waals surface area (Å²) in [6.07, 6.45) is 10.9. The van der Waals surface area contributed by atoms with Crippen LogP contribution < -0.4 is 4.74 Å². The zero-order valence-electron chi connectivity index (χ0n) is 17.3. The average Bonchev–Trinajstić information content (AvgIpc) is 2.73. The molecule has 0 spiro atoms. The Morgan fingerprint density at radius 3 is 2.43 bits per heavy atom. The number of benzene rings is 1. The average molecular weight is 385 g/mol. The van der Waals surface area contributed by atoms with Crippen LogP contribution in [0.3, 0.4) is 0 Å². The van der Waals surface area contributed by atoms with Gasteiger partial charge in [-0.25, -0.2) is 4.39 Å². The quantitative estimate of drug-likeness (QED) is 0.456. The van der Waals surface area contributed by atoms with Gasteiger partial charge < -0.3 is 4.74 Å². The monoisotopic (exact) mass is 384 g/mol. The van der Waals surface area contributed by atoms with Gasteiger partial charge in [0.2, 0.25) is 5.88 Å². The molecule has 1 heterocycles. The maximum absolute atomic E-state index is 14.6. The van der Waals surface area contributed by atoms with Crippen LogP contribution in [-0.4, -0.2) is 16.8 Å². The first-order valence-electron chi connectivity index (χ1n) is 10.9. The number of ether oxygens (including phenoxy) is 1. The van der Waals surface area contributed by atoms with Gasteiger partial charge in [0.1, 0.15) is 5.82 Å². The summed E-state index contributed by atoms with van der Waals surface area (Å²) >= 11 is 0. The Hall–Kier alpha value is -1.97. The first-order valence-corrected chi connectivity index (χ1v) is 10.9. The van der Waals surface area contributed by atoms with Gasteiger partial charge >= 0.3 is 0 Å². The van der Waals surface area contributed by atoms with Crippen LogP contribution in [0.4, 0.5) is 4.39 Å². The molecule has 0 bridgehead atoms. The van der Waals surface area contributed by atoms with Gasteiger partial charge in [0.25, 0.3) is 0 Å². The van der Waals surface area contributed by atoms with Gasteiger partial charge in [0.05, 0.1) is 12.3 Å². The van der Waals surface area contributed by atoms with Crippen molar-refractivity contribution in [2.24, 2.45) is 11.8 Å². The Labute approximate surface area is 168 Å². The molecule has 0 unspecified atom stereocenters. The van der Waals surface area contributed by atoms with E-state index in [0.29, 0.717) is 23.7 Å². The Morgan fingerprint density at radius 1 is 1.00 bits per heavy atom. The molecule has 1 aliphatic rings. The molecule has 3 rings (SSSR count). The smallest absolute Gasteiger partial charge is 0.233 e. The van der Waals surface area contributed by atoms with Crippen LogP contribution in [0.25, 0.3) is 11.3 Å². The van der Waals surface area contributed by atoms with Crippen LogP contribution in [0.15, 0.2) is 30.3 Å². The molecule has 1 aromatic carbocycles. The van der Waals surface area contributed by atoms with E-state index in [4.69, 9.17) is 4.74 Å². The van der Waals surface area contributed by atoms with E-state index in [9.17, 15) is 4.39 Å². The van der Waals surface area contributed by atoms with Crippen molar-refractivity contribution in [3.05, 3.63) is 41.7 Å². The van der Waals surface area contributed by atoms with Crippen LogP contribution in [0.5, 0.6) is 5.88 Å². The van der Waals surface area contributed by atoms with Crippen LogP contribution in [0.2, 0.25) is 0 Å². The van der Waals surface area contributed by atoms with E-state index < -0.39 is 0 Å². The number of nitrogens with zero attached hydrogens (tertiary/aromatic N) is 2. The SMILES string of the molecule is CCCCOc1ccc(-c2ccc(CCC3CCC(CC)CC3)cc2F)nn1. The molecule has 0 atom stereocenters. The largest absolute Gasteiger partial charge is 0.477 e. The fourth-order valence-electron chi connectivity index (χ4n) is 4.08. The number of hydrogen-bond donors (Lipinski definition) is 0. The standard InChI is InChI=1S/C24H33FN2O/c1-3-5-16-28-24-15-14-23(26-27-24)21-13-12-20(17-22(21)25)11-10-19-8-6-18(4-2)7-9-19/h12-15,17-19H,3-11,16H2,1-2H3. The minimum absolute atomic E-state index is 0.221. The molecule has 0 amide bonds. The highest BCUT2D eigenvalue weighted by atomic mass is 19.1. The number of hydrogen-bond acceptors (Lipinski definition) is 3. The lowest BCUT2D eigenvalue weighted by atomic mass is 9.78. The molecule has 0 saturated heterocycles. The summed E-state index contributed by atoms with van der Waals surface area (Å²) in [5, 5.41) is 8.20. The summed E-state index contributed by atoms with van der Waals surface area (Å²) in [5.41, 5.74) is 2.12. The van der Waals surface area contributed by atoms with E-state index in [2.05, 4.69) is 24.0 Å². The lowest BCUT2D eigenvalue weighted by Crippen LogP contribution is -2.14. The van der Waals surface area contributed by atoms with Crippen molar-refractivity contribution in [2.75, 3.05) is 6.61 Å². The van der Waals surface area contributed by atoms with Crippen LogP contribution in [-0.2, 0) is 6.42 Å². The molecule has 0 N–H and O–H groups in total. The molecular weight excluding hydrogens is 351 g/mol. The van der Waals surface area contributed by atoms with Gasteiger partial charge in [0.15, 0.2) is 0 Å². The molecule has 3 nitrogen and oxygen atoms in total. The van der Waals surface area contributed by atoms with E-state index in [1.807, 2.05) is 12.1 Å². The highest BCUT2D eigenvalue weighted by molar-refractivity contribution is 5.60. The van der Waals surface area contributed by atoms with Crippen molar-refractivity contribution >= 4 is 0 Å². The minimum Gasteiger partial charge on any atom is -0.477 e. The second-order valence-electron chi connectivity index (χ2n) is 8.11. The second-order valence-corrected chi connectivity index (χ2v) is 8.11. The molecule has 1 aliphatic carbocycles. The Bertz CT molecular complexity index is 724. The third-order valence-electron chi connectivity index (χ3n) is 6.08. The van der Waals surface area contributed by atoms with E-state index in [1.165, 1.54) is 38.5 Å². The maximum Gasteiger partial charge on any atom is 0.233 e. The molecule has 0 aliphatic heterocycles. The number of unbranched alkanes of at least 4 members (excludes halogenated alkanes) is 1. The van der Waals surface area contributed by atoms with Crippen LogP contribution in [0, 0.1) is 17.7 Å². The molecule has 4 heteroatoms. The van der Waals surface area contributed by atoms with Crippen LogP contribution in [0.1, 0.15) is 70.8 Å². The number of aryl methyl sites for hydroxylation is 1. The second kappa shape index (κ2) is 10.5. The molecule has 0 radical (unpaired) electrons. The molecule has 1 fully saturated rings. The molecule has 1 saturated carbocycles. The highest BCUT2D eigenvalue weighted by Crippen LogP contribution is 2.33. The van der Waals surface area contributed by atoms with Crippen molar-refractivity contribution in [3.8, 4) is 17.1 Å². The molecule has 28 heavy (non-hydrogen) atoms. The lowest BCUT2D eigenvalue weighted by molar-refractivity contribution is 0.259. The van der Waals surface area contributed by atoms with Crippen LogP contribution >= 0.6 is 0 Å². The van der Waals surface area contributed by atoms with Crippen molar-refractivity contribution in [1.29, 1.82) is 0 Å². The number of halogens is 1. The third-order valence-corrected chi connectivity index (χ3v) is 6.08. The van der Waals surface area contributed by atoms with Gasteiger partial charge in [-0.3, -0.25) is 0 Å². The van der Waals surface area contributed by atoms with Gasteiger partial charge in [-0.2, -0.15) is 0 Å². The van der Waals surface area contributed by atoms with Crippen molar-refractivity contribution in [2.45, 2.75) is 71.6 Å². The minimum atomic E-state index is -0.221. The summed E-state index contributed by atoms with van der Waals surface area (Å²) in [6, 6.07) is 9.07. The number of aromatic nitrogens is 2. The predicted octanol–water partition coefficient (Wildman–Crippen LogP) is 6.61. The van der Waals surface area contributed by atoms with Gasteiger partial charge in [-0.05, 0) is 54.9 Å². The van der Waals surface area contributed by atoms with Gasteiger partial charge in [0, 0.05) is 11.6 Å². The van der Waals surface area contributed by atoms with E-state index in [-0.39, 0.29) is 5.82 Å². The Morgan fingerprint density at radius 2 is 1.79 bits per heavy atom. The predicted molar refractivity (Wildman–Crippen MR) is 112 cm³/mol. The molecule has 152 valence electrons. The lowest BCUT2D eigenvalue weighted by Gasteiger charge is -2.27. The zero-order valence-corrected chi connectivity index (χ0v) is 17.3. The fraction of sp³-hybridized carbons (Fsp3) is 0.583. The first-order chi connectivity index (χ1) is 13.7. The summed E-state index contributed by atoms with van der Waals surface area (Å²) in [4.78, 5) is 0. The third kappa shape index (κ3) is 5.76. The van der Waals surface area contributed by atoms with Crippen molar-refractivity contribution < 1.29 is 9.13 Å². The summed E-state index contributed by atoms with van der Waals surface area (Å²) in [6.45, 7) is 5.04. The molecular formula is C24H33FN2O. The van der Waals surface area contributed by atoms with E-state index in [0.717, 1.165) is 36.7 Å². The Kier molecular flexibility index (Phi) is 7.81. The first kappa shape index (κ1) is 20.8. The van der Waals surface area contributed by atoms with E-state index >= 15 is 0 Å². The van der Waals surface area contributed by atoms with Crippen molar-refractivity contribution in [3.63, 3.8) is 0 Å². The topological polar surface area (TPSA) is 35.0 Å². The normalized spacial score (nSPS) is 19.5. The highest BCUT2D eigenvalue weighted by Gasteiger charge is 2.19. The summed E-state index contributed by atoms with van der Waals surface area (Å²) in [5.74, 6) is 2.00. The zero-order chi connectivity index (χ0) is 19.8. The van der Waals surface area contributed by atoms with Crippen molar-refractivity contribution in [1.82, 2.24) is 10.2 Å². The fourth-order valence-corrected chi connectivity index (χ4v) is 4.08. The van der Waals surface area contributed by atoms with E-state index in [1.54, 1.807) is 18.2 Å². The maximum atomic E-state index is 14.6. The molecule has 1 aromatic heterocycles. The summed E-state index contributed by atoms with van der Waals surface area (Å²) < 4.78 is 20.2. The summed E-state index contributed by atoms with van der Waals surface area (Å²) in [7, 11) is 0.